The van der Waals surface area contributed by atoms with Crippen LogP contribution in [0, 0.1) is 5.92 Å². The first-order valence-electron chi connectivity index (χ1n) is 6.79. The molecule has 1 heterocycles. The molecule has 0 saturated carbocycles. The minimum absolute atomic E-state index is 0.0453. The van der Waals surface area contributed by atoms with Crippen molar-refractivity contribution in [1.29, 1.82) is 0 Å². The molecule has 0 radical (unpaired) electrons. The summed E-state index contributed by atoms with van der Waals surface area (Å²) in [5, 5.41) is 11.5. The van der Waals surface area contributed by atoms with Crippen LogP contribution in [-0.2, 0) is 4.79 Å². The van der Waals surface area contributed by atoms with Crippen LogP contribution in [-0.4, -0.2) is 28.1 Å². The van der Waals surface area contributed by atoms with Gasteiger partial charge in [0.25, 0.3) is 5.91 Å². The highest BCUT2D eigenvalue weighted by Crippen LogP contribution is 2.11. The van der Waals surface area contributed by atoms with Crippen LogP contribution in [0.2, 0.25) is 0 Å². The topological polar surface area (TPSA) is 71.3 Å². The number of hydrogen-bond acceptors (Lipinski definition) is 2. The lowest BCUT2D eigenvalue weighted by Gasteiger charge is -2.11. The molecule has 21 heavy (non-hydrogen) atoms. The molecule has 1 amide bonds. The van der Waals surface area contributed by atoms with Crippen LogP contribution in [0.4, 0.5) is 0 Å². The second-order valence-electron chi connectivity index (χ2n) is 5.05. The summed E-state index contributed by atoms with van der Waals surface area (Å²) in [6.07, 6.45) is 3.86. The molecule has 2 rings (SSSR count). The number of nitrogens with one attached hydrogen (secondary N) is 1. The first-order chi connectivity index (χ1) is 10.1. The number of aliphatic carboxylic acids is 1. The molecule has 110 valence electrons. The van der Waals surface area contributed by atoms with Crippen LogP contribution in [0.25, 0.3) is 5.69 Å². The second kappa shape index (κ2) is 6.74. The Hall–Kier alpha value is -2.56. The van der Waals surface area contributed by atoms with Gasteiger partial charge < -0.3 is 15.0 Å². The van der Waals surface area contributed by atoms with E-state index in [9.17, 15) is 9.59 Å². The van der Waals surface area contributed by atoms with Gasteiger partial charge in [-0.3, -0.25) is 9.59 Å². The third-order valence-corrected chi connectivity index (χ3v) is 3.15. The third kappa shape index (κ3) is 4.21. The lowest BCUT2D eigenvalue weighted by Crippen LogP contribution is -2.29. The average Bonchev–Trinajstić information content (AvgIpc) is 2.98. The SMILES string of the molecule is CC(CNC(=O)c1cccc(-n2cccc2)c1)CC(=O)O. The summed E-state index contributed by atoms with van der Waals surface area (Å²) in [5.41, 5.74) is 1.47. The molecule has 0 fully saturated rings. The Balaban J connectivity index is 2.00. The molecule has 0 saturated heterocycles. The highest BCUT2D eigenvalue weighted by molar-refractivity contribution is 5.94. The summed E-state index contributed by atoms with van der Waals surface area (Å²) < 4.78 is 1.92. The van der Waals surface area contributed by atoms with Gasteiger partial charge in [-0.2, -0.15) is 0 Å². The summed E-state index contributed by atoms with van der Waals surface area (Å²) in [4.78, 5) is 22.7. The molecule has 0 spiro atoms. The fourth-order valence-electron chi connectivity index (χ4n) is 2.05. The number of benzene rings is 1. The number of carbonyl (C=O) groups is 2. The Kier molecular flexibility index (Phi) is 4.77. The average molecular weight is 286 g/mol. The Morgan fingerprint density at radius 2 is 1.95 bits per heavy atom. The van der Waals surface area contributed by atoms with Crippen molar-refractivity contribution >= 4 is 11.9 Å². The van der Waals surface area contributed by atoms with Crippen molar-refractivity contribution in [3.8, 4) is 5.69 Å². The predicted molar refractivity (Wildman–Crippen MR) is 79.5 cm³/mol. The van der Waals surface area contributed by atoms with Crippen molar-refractivity contribution in [1.82, 2.24) is 9.88 Å². The van der Waals surface area contributed by atoms with E-state index >= 15 is 0 Å². The van der Waals surface area contributed by atoms with Crippen molar-refractivity contribution in [2.75, 3.05) is 6.54 Å². The molecular weight excluding hydrogens is 268 g/mol. The van der Waals surface area contributed by atoms with E-state index in [4.69, 9.17) is 5.11 Å². The van der Waals surface area contributed by atoms with Crippen molar-refractivity contribution in [3.63, 3.8) is 0 Å². The minimum Gasteiger partial charge on any atom is -0.481 e. The van der Waals surface area contributed by atoms with Gasteiger partial charge in [-0.05, 0) is 36.2 Å². The van der Waals surface area contributed by atoms with E-state index in [1.807, 2.05) is 41.2 Å². The standard InChI is InChI=1S/C16H18N2O3/c1-12(9-15(19)20)11-17-16(21)13-5-4-6-14(10-13)18-7-2-3-8-18/h2-8,10,12H,9,11H2,1H3,(H,17,21)(H,19,20). The molecule has 1 aromatic heterocycles. The van der Waals surface area contributed by atoms with Gasteiger partial charge in [0, 0.05) is 36.6 Å². The van der Waals surface area contributed by atoms with Crippen molar-refractivity contribution in [3.05, 3.63) is 54.4 Å². The van der Waals surface area contributed by atoms with Crippen LogP contribution in [0.1, 0.15) is 23.7 Å². The van der Waals surface area contributed by atoms with Gasteiger partial charge in [-0.15, -0.1) is 0 Å². The van der Waals surface area contributed by atoms with Crippen LogP contribution in [0.5, 0.6) is 0 Å². The molecule has 2 N–H and O–H groups in total. The van der Waals surface area contributed by atoms with E-state index in [0.717, 1.165) is 5.69 Å². The molecule has 0 bridgehead atoms. The van der Waals surface area contributed by atoms with Gasteiger partial charge in [-0.1, -0.05) is 13.0 Å². The highest BCUT2D eigenvalue weighted by Gasteiger charge is 2.11. The lowest BCUT2D eigenvalue weighted by atomic mass is 10.1. The Labute approximate surface area is 123 Å². The van der Waals surface area contributed by atoms with Gasteiger partial charge in [0.1, 0.15) is 0 Å². The number of carboxylic acid groups (broad SMARTS) is 1. The van der Waals surface area contributed by atoms with Gasteiger partial charge in [0.2, 0.25) is 0 Å². The molecule has 5 nitrogen and oxygen atoms in total. The minimum atomic E-state index is -0.855. The highest BCUT2D eigenvalue weighted by atomic mass is 16.4. The molecule has 1 atom stereocenters. The molecule has 0 aliphatic rings. The summed E-state index contributed by atoms with van der Waals surface area (Å²) in [6, 6.07) is 11.1. The van der Waals surface area contributed by atoms with Gasteiger partial charge in [0.05, 0.1) is 0 Å². The molecule has 1 aromatic carbocycles. The van der Waals surface area contributed by atoms with E-state index in [-0.39, 0.29) is 18.2 Å². The van der Waals surface area contributed by atoms with Crippen LogP contribution in [0.3, 0.4) is 0 Å². The predicted octanol–water partition coefficient (Wildman–Crippen LogP) is 2.32. The molecule has 0 aliphatic heterocycles. The Morgan fingerprint density at radius 3 is 2.62 bits per heavy atom. The van der Waals surface area contributed by atoms with Gasteiger partial charge in [0.15, 0.2) is 0 Å². The van der Waals surface area contributed by atoms with Gasteiger partial charge >= 0.3 is 5.97 Å². The largest absolute Gasteiger partial charge is 0.481 e. The van der Waals surface area contributed by atoms with Crippen molar-refractivity contribution in [2.45, 2.75) is 13.3 Å². The number of hydrogen-bond donors (Lipinski definition) is 2. The fraction of sp³-hybridized carbons (Fsp3) is 0.250. The van der Waals surface area contributed by atoms with Gasteiger partial charge in [-0.25, -0.2) is 0 Å². The number of amides is 1. The molecule has 5 heteroatoms. The van der Waals surface area contributed by atoms with Crippen LogP contribution >= 0.6 is 0 Å². The number of rotatable bonds is 6. The third-order valence-electron chi connectivity index (χ3n) is 3.15. The number of nitrogens with zero attached hydrogens (tertiary/aromatic N) is 1. The van der Waals surface area contributed by atoms with Crippen molar-refractivity contribution < 1.29 is 14.7 Å². The van der Waals surface area contributed by atoms with Crippen LogP contribution < -0.4 is 5.32 Å². The summed E-state index contributed by atoms with van der Waals surface area (Å²) in [5.74, 6) is -1.15. The van der Waals surface area contributed by atoms with Crippen LogP contribution in [0.15, 0.2) is 48.8 Å². The zero-order valence-corrected chi connectivity index (χ0v) is 11.8. The molecular formula is C16H18N2O3. The lowest BCUT2D eigenvalue weighted by molar-refractivity contribution is -0.137. The normalized spacial score (nSPS) is 11.9. The Morgan fingerprint density at radius 1 is 1.24 bits per heavy atom. The summed E-state index contributed by atoms with van der Waals surface area (Å²) >= 11 is 0. The maximum atomic E-state index is 12.1. The van der Waals surface area contributed by atoms with E-state index in [1.165, 1.54) is 0 Å². The Bertz CT molecular complexity index is 620. The number of aromatic nitrogens is 1. The zero-order chi connectivity index (χ0) is 15.2. The number of carbonyl (C=O) groups excluding carboxylic acids is 1. The van der Waals surface area contributed by atoms with E-state index in [2.05, 4.69) is 5.32 Å². The zero-order valence-electron chi connectivity index (χ0n) is 11.8. The molecule has 2 aromatic rings. The number of carboxylic acids is 1. The first-order valence-corrected chi connectivity index (χ1v) is 6.79. The summed E-state index contributed by atoms with van der Waals surface area (Å²) in [7, 11) is 0. The maximum Gasteiger partial charge on any atom is 0.303 e. The van der Waals surface area contributed by atoms with Crippen molar-refractivity contribution in [2.24, 2.45) is 5.92 Å². The molecule has 0 aliphatic carbocycles. The maximum absolute atomic E-state index is 12.1. The monoisotopic (exact) mass is 286 g/mol. The summed E-state index contributed by atoms with van der Waals surface area (Å²) in [6.45, 7) is 2.14. The van der Waals surface area contributed by atoms with E-state index < -0.39 is 5.97 Å². The smallest absolute Gasteiger partial charge is 0.303 e. The fourth-order valence-corrected chi connectivity index (χ4v) is 2.05. The van der Waals surface area contributed by atoms with E-state index in [0.29, 0.717) is 12.1 Å². The van der Waals surface area contributed by atoms with E-state index in [1.54, 1.807) is 19.1 Å². The first kappa shape index (κ1) is 14.8. The molecule has 1 unspecified atom stereocenters. The second-order valence-corrected chi connectivity index (χ2v) is 5.05. The quantitative estimate of drug-likeness (QED) is 0.856.